The molecule has 1 N–H and O–H groups in total. The maximum atomic E-state index is 13.3. The van der Waals surface area contributed by atoms with Crippen LogP contribution in [0.1, 0.15) is 43.0 Å². The fourth-order valence-corrected chi connectivity index (χ4v) is 3.90. The van der Waals surface area contributed by atoms with Crippen LogP contribution >= 0.6 is 0 Å². The number of nitrogens with one attached hydrogen (secondary N) is 1. The van der Waals surface area contributed by atoms with Gasteiger partial charge in [0.15, 0.2) is 0 Å². The van der Waals surface area contributed by atoms with Gasteiger partial charge in [0.2, 0.25) is 5.91 Å². The first-order chi connectivity index (χ1) is 12.5. The predicted molar refractivity (Wildman–Crippen MR) is 98.3 cm³/mol. The maximum Gasteiger partial charge on any atom is 0.254 e. The minimum absolute atomic E-state index is 0.0775. The molecule has 0 unspecified atom stereocenters. The summed E-state index contributed by atoms with van der Waals surface area (Å²) < 4.78 is 13.3. The van der Waals surface area contributed by atoms with Gasteiger partial charge in [0.1, 0.15) is 5.82 Å². The number of hydrogen-bond donors (Lipinski definition) is 1. The maximum absolute atomic E-state index is 13.3. The summed E-state index contributed by atoms with van der Waals surface area (Å²) in [6.45, 7) is 5.03. The predicted octanol–water partition coefficient (Wildman–Crippen LogP) is 2.28. The fraction of sp³-hybridized carbons (Fsp3) is 0.600. The van der Waals surface area contributed by atoms with Crippen molar-refractivity contribution in [3.63, 3.8) is 0 Å². The molecule has 0 spiro atoms. The molecule has 1 aromatic carbocycles. The van der Waals surface area contributed by atoms with E-state index in [1.165, 1.54) is 31.4 Å². The van der Waals surface area contributed by atoms with Crippen molar-refractivity contribution in [3.8, 4) is 0 Å². The zero-order chi connectivity index (χ0) is 18.5. The molecule has 2 atom stereocenters. The number of nitrogens with zero attached hydrogens (tertiary/aromatic N) is 2. The van der Waals surface area contributed by atoms with Gasteiger partial charge in [0.25, 0.3) is 5.91 Å². The van der Waals surface area contributed by atoms with Crippen LogP contribution in [0.25, 0.3) is 0 Å². The molecule has 26 heavy (non-hydrogen) atoms. The summed E-state index contributed by atoms with van der Waals surface area (Å²) in [4.78, 5) is 28.6. The summed E-state index contributed by atoms with van der Waals surface area (Å²) in [7, 11) is 0. The van der Waals surface area contributed by atoms with Gasteiger partial charge in [0, 0.05) is 37.8 Å². The van der Waals surface area contributed by atoms with Crippen molar-refractivity contribution in [1.29, 1.82) is 0 Å². The molecule has 6 heteroatoms. The van der Waals surface area contributed by atoms with Crippen LogP contribution in [0, 0.1) is 11.7 Å². The first kappa shape index (κ1) is 18.8. The third-order valence-corrected chi connectivity index (χ3v) is 5.56. The molecule has 0 aromatic heterocycles. The van der Waals surface area contributed by atoms with Crippen LogP contribution in [0.3, 0.4) is 0 Å². The van der Waals surface area contributed by atoms with E-state index in [1.54, 1.807) is 17.0 Å². The average molecular weight is 361 g/mol. The third-order valence-electron chi connectivity index (χ3n) is 5.56. The van der Waals surface area contributed by atoms with Crippen molar-refractivity contribution < 1.29 is 14.0 Å². The van der Waals surface area contributed by atoms with Crippen LogP contribution in [0.15, 0.2) is 24.3 Å². The van der Waals surface area contributed by atoms with Crippen LogP contribution < -0.4 is 5.32 Å². The van der Waals surface area contributed by atoms with Gasteiger partial charge in [-0.25, -0.2) is 4.39 Å². The Kier molecular flexibility index (Phi) is 6.25. The molecule has 1 heterocycles. The SMILES string of the molecule is C[C@@H]1CCCC[C@H]1NC(=O)CN1CCN(C(=O)c2cccc(F)c2)CC1. The Bertz CT molecular complexity index is 644. The highest BCUT2D eigenvalue weighted by molar-refractivity contribution is 5.94. The number of carbonyl (C=O) groups is 2. The molecule has 2 aliphatic rings. The van der Waals surface area contributed by atoms with Gasteiger partial charge in [-0.1, -0.05) is 25.8 Å². The Balaban J connectivity index is 1.44. The summed E-state index contributed by atoms with van der Waals surface area (Å²) in [5.74, 6) is 0.0785. The van der Waals surface area contributed by atoms with Gasteiger partial charge < -0.3 is 10.2 Å². The summed E-state index contributed by atoms with van der Waals surface area (Å²) >= 11 is 0. The quantitative estimate of drug-likeness (QED) is 0.895. The molecule has 1 saturated heterocycles. The lowest BCUT2D eigenvalue weighted by Crippen LogP contribution is -2.52. The highest BCUT2D eigenvalue weighted by atomic mass is 19.1. The summed E-state index contributed by atoms with van der Waals surface area (Å²) in [5, 5.41) is 3.18. The second-order valence-electron chi connectivity index (χ2n) is 7.51. The molecule has 142 valence electrons. The molecule has 0 radical (unpaired) electrons. The normalized spacial score (nSPS) is 24.3. The number of piperazine rings is 1. The first-order valence-corrected chi connectivity index (χ1v) is 9.59. The Hall–Kier alpha value is -1.95. The largest absolute Gasteiger partial charge is 0.352 e. The van der Waals surface area contributed by atoms with Gasteiger partial charge in [-0.3, -0.25) is 14.5 Å². The van der Waals surface area contributed by atoms with Crippen molar-refractivity contribution in [1.82, 2.24) is 15.1 Å². The molecule has 2 amide bonds. The minimum Gasteiger partial charge on any atom is -0.352 e. The van der Waals surface area contributed by atoms with Crippen LogP contribution in [-0.4, -0.2) is 60.4 Å². The van der Waals surface area contributed by atoms with E-state index in [1.807, 2.05) is 0 Å². The standard InChI is InChI=1S/C20H28FN3O2/c1-15-5-2-3-8-18(15)22-19(25)14-23-9-11-24(12-10-23)20(26)16-6-4-7-17(21)13-16/h4,6-7,13,15,18H,2-3,5,8-12,14H2,1H3,(H,22,25)/t15-,18-/m1/s1. The van der Waals surface area contributed by atoms with Gasteiger partial charge >= 0.3 is 0 Å². The molecule has 5 nitrogen and oxygen atoms in total. The molecule has 3 rings (SSSR count). The fourth-order valence-electron chi connectivity index (χ4n) is 3.90. The Labute approximate surface area is 154 Å². The van der Waals surface area contributed by atoms with Gasteiger partial charge in [-0.2, -0.15) is 0 Å². The molecular weight excluding hydrogens is 333 g/mol. The summed E-state index contributed by atoms with van der Waals surface area (Å²) in [6.07, 6.45) is 4.71. The Morgan fingerprint density at radius 3 is 2.58 bits per heavy atom. The zero-order valence-electron chi connectivity index (χ0n) is 15.4. The lowest BCUT2D eigenvalue weighted by Gasteiger charge is -2.35. The second kappa shape index (κ2) is 8.62. The topological polar surface area (TPSA) is 52.7 Å². The Morgan fingerprint density at radius 1 is 1.15 bits per heavy atom. The number of rotatable bonds is 4. The van der Waals surface area contributed by atoms with E-state index < -0.39 is 5.82 Å². The third kappa shape index (κ3) is 4.81. The van der Waals surface area contributed by atoms with E-state index in [0.717, 1.165) is 6.42 Å². The number of amides is 2. The Morgan fingerprint density at radius 2 is 1.88 bits per heavy atom. The van der Waals surface area contributed by atoms with E-state index in [4.69, 9.17) is 0 Å². The van der Waals surface area contributed by atoms with Gasteiger partial charge in [-0.05, 0) is 37.0 Å². The molecule has 1 saturated carbocycles. The summed E-state index contributed by atoms with van der Waals surface area (Å²) in [6, 6.07) is 6.09. The highest BCUT2D eigenvalue weighted by Crippen LogP contribution is 2.23. The van der Waals surface area contributed by atoms with Crippen LogP contribution in [0.4, 0.5) is 4.39 Å². The minimum atomic E-state index is -0.400. The number of carbonyl (C=O) groups excluding carboxylic acids is 2. The van der Waals surface area contributed by atoms with Crippen molar-refractivity contribution in [2.24, 2.45) is 5.92 Å². The van der Waals surface area contributed by atoms with Crippen molar-refractivity contribution in [2.75, 3.05) is 32.7 Å². The second-order valence-corrected chi connectivity index (χ2v) is 7.51. The monoisotopic (exact) mass is 361 g/mol. The summed E-state index contributed by atoms with van der Waals surface area (Å²) in [5.41, 5.74) is 0.377. The van der Waals surface area contributed by atoms with Crippen molar-refractivity contribution in [3.05, 3.63) is 35.6 Å². The smallest absolute Gasteiger partial charge is 0.254 e. The van der Waals surface area contributed by atoms with E-state index in [2.05, 4.69) is 17.1 Å². The van der Waals surface area contributed by atoms with Gasteiger partial charge in [0.05, 0.1) is 6.54 Å². The average Bonchev–Trinajstić information content (AvgIpc) is 2.64. The van der Waals surface area contributed by atoms with Crippen molar-refractivity contribution >= 4 is 11.8 Å². The van der Waals surface area contributed by atoms with E-state index in [0.29, 0.717) is 50.2 Å². The lowest BCUT2D eigenvalue weighted by atomic mass is 9.86. The number of halogens is 1. The highest BCUT2D eigenvalue weighted by Gasteiger charge is 2.26. The van der Waals surface area contributed by atoms with Crippen LogP contribution in [0.2, 0.25) is 0 Å². The van der Waals surface area contributed by atoms with E-state index in [9.17, 15) is 14.0 Å². The molecule has 1 aliphatic heterocycles. The number of benzene rings is 1. The lowest BCUT2D eigenvalue weighted by molar-refractivity contribution is -0.123. The van der Waals surface area contributed by atoms with Gasteiger partial charge in [-0.15, -0.1) is 0 Å². The molecule has 0 bridgehead atoms. The molecule has 1 aromatic rings. The van der Waals surface area contributed by atoms with Crippen LogP contribution in [-0.2, 0) is 4.79 Å². The zero-order valence-corrected chi connectivity index (χ0v) is 15.4. The molecular formula is C20H28FN3O2. The van der Waals surface area contributed by atoms with Crippen molar-refractivity contribution in [2.45, 2.75) is 38.6 Å². The van der Waals surface area contributed by atoms with E-state index in [-0.39, 0.29) is 11.8 Å². The molecule has 1 aliphatic carbocycles. The van der Waals surface area contributed by atoms with E-state index >= 15 is 0 Å². The van der Waals surface area contributed by atoms with Crippen LogP contribution in [0.5, 0.6) is 0 Å². The number of hydrogen-bond acceptors (Lipinski definition) is 3. The first-order valence-electron chi connectivity index (χ1n) is 9.59. The molecule has 2 fully saturated rings.